The summed E-state index contributed by atoms with van der Waals surface area (Å²) in [5.41, 5.74) is 1.39. The van der Waals surface area contributed by atoms with Crippen LogP contribution in [0.2, 0.25) is 0 Å². The van der Waals surface area contributed by atoms with Gasteiger partial charge in [0.1, 0.15) is 5.41 Å². The predicted octanol–water partition coefficient (Wildman–Crippen LogP) is 2.97. The number of thiazole rings is 1. The molecule has 1 fully saturated rings. The van der Waals surface area contributed by atoms with Gasteiger partial charge in [0.25, 0.3) is 0 Å². The number of Topliss-reactive ketones (excluding diaryl/α,β-unsaturated/α-hetero) is 1. The van der Waals surface area contributed by atoms with Crippen molar-refractivity contribution in [2.24, 2.45) is 10.8 Å². The number of nitriles is 1. The number of ketones is 1. The number of carbonyl (C=O) groups excluding carboxylic acids is 1. The third-order valence-electron chi connectivity index (χ3n) is 3.64. The van der Waals surface area contributed by atoms with E-state index in [2.05, 4.69) is 11.1 Å². The van der Waals surface area contributed by atoms with Crippen LogP contribution in [0.3, 0.4) is 0 Å². The normalized spacial score (nSPS) is 27.7. The fourth-order valence-corrected chi connectivity index (χ4v) is 3.21. The molecular formula is C13H16N2OS. The van der Waals surface area contributed by atoms with Crippen LogP contribution in [-0.4, -0.2) is 10.8 Å². The van der Waals surface area contributed by atoms with Crippen molar-refractivity contribution in [3.05, 3.63) is 16.6 Å². The molecule has 1 aliphatic rings. The summed E-state index contributed by atoms with van der Waals surface area (Å²) in [5, 5.41) is 11.4. The minimum atomic E-state index is -0.851. The summed E-state index contributed by atoms with van der Waals surface area (Å²) >= 11 is 1.51. The van der Waals surface area contributed by atoms with E-state index in [4.69, 9.17) is 0 Å². The summed E-state index contributed by atoms with van der Waals surface area (Å²) < 4.78 is 0. The molecule has 0 aromatic carbocycles. The molecule has 90 valence electrons. The molecule has 2 rings (SSSR count). The molecule has 0 aliphatic heterocycles. The largest absolute Gasteiger partial charge is 0.297 e. The highest BCUT2D eigenvalue weighted by Gasteiger charge is 2.49. The van der Waals surface area contributed by atoms with Crippen LogP contribution in [0.25, 0.3) is 0 Å². The molecule has 1 aromatic heterocycles. The van der Waals surface area contributed by atoms with Gasteiger partial charge in [0.15, 0.2) is 5.78 Å². The Morgan fingerprint density at radius 1 is 1.53 bits per heavy atom. The van der Waals surface area contributed by atoms with Gasteiger partial charge in [0, 0.05) is 17.2 Å². The Kier molecular flexibility index (Phi) is 3.05. The third-order valence-corrected chi connectivity index (χ3v) is 4.27. The van der Waals surface area contributed by atoms with E-state index in [0.717, 1.165) is 18.5 Å². The SMILES string of the molecule is CC1(C)CCCC(C#N)(Cc2cscn2)C1=O. The van der Waals surface area contributed by atoms with Crippen molar-refractivity contribution < 1.29 is 4.79 Å². The van der Waals surface area contributed by atoms with Gasteiger partial charge < -0.3 is 0 Å². The van der Waals surface area contributed by atoms with Gasteiger partial charge in [-0.3, -0.25) is 4.79 Å². The highest BCUT2D eigenvalue weighted by Crippen LogP contribution is 2.44. The number of carbonyl (C=O) groups is 1. The molecule has 0 N–H and O–H groups in total. The van der Waals surface area contributed by atoms with Crippen LogP contribution in [-0.2, 0) is 11.2 Å². The summed E-state index contributed by atoms with van der Waals surface area (Å²) in [6, 6.07) is 2.28. The maximum atomic E-state index is 12.5. The van der Waals surface area contributed by atoms with Gasteiger partial charge in [-0.25, -0.2) is 4.98 Å². The molecule has 0 bridgehead atoms. The Bertz CT molecular complexity index is 458. The fourth-order valence-electron chi connectivity index (χ4n) is 2.66. The van der Waals surface area contributed by atoms with Crippen molar-refractivity contribution in [2.75, 3.05) is 0 Å². The lowest BCUT2D eigenvalue weighted by Gasteiger charge is -2.38. The first kappa shape index (κ1) is 12.3. The number of hydrogen-bond acceptors (Lipinski definition) is 4. The van der Waals surface area contributed by atoms with Gasteiger partial charge >= 0.3 is 0 Å². The monoisotopic (exact) mass is 248 g/mol. The molecule has 1 aromatic rings. The minimum Gasteiger partial charge on any atom is -0.297 e. The van der Waals surface area contributed by atoms with Crippen molar-refractivity contribution in [3.63, 3.8) is 0 Å². The van der Waals surface area contributed by atoms with Gasteiger partial charge in [-0.1, -0.05) is 20.3 Å². The first-order chi connectivity index (χ1) is 8.00. The maximum absolute atomic E-state index is 12.5. The van der Waals surface area contributed by atoms with E-state index in [9.17, 15) is 10.1 Å². The Morgan fingerprint density at radius 2 is 2.29 bits per heavy atom. The molecule has 0 radical (unpaired) electrons. The topological polar surface area (TPSA) is 53.8 Å². The molecule has 4 heteroatoms. The van der Waals surface area contributed by atoms with Crippen molar-refractivity contribution in [1.82, 2.24) is 4.98 Å². The zero-order chi connectivity index (χ0) is 12.5. The van der Waals surface area contributed by atoms with Crippen LogP contribution in [0, 0.1) is 22.2 Å². The average molecular weight is 248 g/mol. The lowest BCUT2D eigenvalue weighted by atomic mass is 9.61. The van der Waals surface area contributed by atoms with E-state index in [1.165, 1.54) is 11.3 Å². The zero-order valence-electron chi connectivity index (χ0n) is 10.2. The maximum Gasteiger partial charge on any atom is 0.159 e. The van der Waals surface area contributed by atoms with Crippen LogP contribution in [0.15, 0.2) is 10.9 Å². The van der Waals surface area contributed by atoms with Crippen LogP contribution in [0.1, 0.15) is 38.8 Å². The smallest absolute Gasteiger partial charge is 0.159 e. The quantitative estimate of drug-likeness (QED) is 0.808. The van der Waals surface area contributed by atoms with Crippen molar-refractivity contribution in [2.45, 2.75) is 39.5 Å². The molecule has 1 atom stereocenters. The lowest BCUT2D eigenvalue weighted by Crippen LogP contribution is -2.45. The predicted molar refractivity (Wildman–Crippen MR) is 66.5 cm³/mol. The first-order valence-electron chi connectivity index (χ1n) is 5.83. The van der Waals surface area contributed by atoms with E-state index in [1.54, 1.807) is 5.51 Å². The van der Waals surface area contributed by atoms with E-state index < -0.39 is 5.41 Å². The van der Waals surface area contributed by atoms with Gasteiger partial charge in [-0.15, -0.1) is 11.3 Å². The Balaban J connectivity index is 2.31. The van der Waals surface area contributed by atoms with E-state index in [-0.39, 0.29) is 11.2 Å². The molecule has 17 heavy (non-hydrogen) atoms. The van der Waals surface area contributed by atoms with E-state index >= 15 is 0 Å². The first-order valence-corrected chi connectivity index (χ1v) is 6.78. The molecule has 1 aliphatic carbocycles. The van der Waals surface area contributed by atoms with E-state index in [1.807, 2.05) is 19.2 Å². The molecule has 0 saturated heterocycles. The molecule has 1 unspecified atom stereocenters. The molecule has 0 spiro atoms. The highest BCUT2D eigenvalue weighted by molar-refractivity contribution is 7.07. The van der Waals surface area contributed by atoms with Crippen LogP contribution >= 0.6 is 11.3 Å². The molecule has 3 nitrogen and oxygen atoms in total. The van der Waals surface area contributed by atoms with Gasteiger partial charge in [-0.05, 0) is 12.8 Å². The van der Waals surface area contributed by atoms with Crippen molar-refractivity contribution in [1.29, 1.82) is 5.26 Å². The molecule has 1 heterocycles. The highest BCUT2D eigenvalue weighted by atomic mass is 32.1. The van der Waals surface area contributed by atoms with E-state index in [0.29, 0.717) is 12.8 Å². The van der Waals surface area contributed by atoms with Crippen LogP contribution in [0.5, 0.6) is 0 Å². The molecule has 0 amide bonds. The summed E-state index contributed by atoms with van der Waals surface area (Å²) in [6.45, 7) is 3.89. The Hall–Kier alpha value is -1.21. The summed E-state index contributed by atoms with van der Waals surface area (Å²) in [7, 11) is 0. The third kappa shape index (κ3) is 2.12. The zero-order valence-corrected chi connectivity index (χ0v) is 11.0. The average Bonchev–Trinajstić information content (AvgIpc) is 2.77. The summed E-state index contributed by atoms with van der Waals surface area (Å²) in [6.07, 6.45) is 2.96. The molecular weight excluding hydrogens is 232 g/mol. The standard InChI is InChI=1S/C13H16N2OS/c1-12(2)4-3-5-13(8-14,11(12)16)6-10-7-17-9-15-10/h7,9H,3-6H2,1-2H3. The number of aromatic nitrogens is 1. The van der Waals surface area contributed by atoms with Crippen molar-refractivity contribution in [3.8, 4) is 6.07 Å². The number of nitrogens with zero attached hydrogens (tertiary/aromatic N) is 2. The summed E-state index contributed by atoms with van der Waals surface area (Å²) in [4.78, 5) is 16.7. The second-order valence-corrected chi connectivity index (χ2v) is 6.14. The second kappa shape index (κ2) is 4.23. The van der Waals surface area contributed by atoms with Gasteiger partial charge in [0.2, 0.25) is 0 Å². The number of rotatable bonds is 2. The molecule has 1 saturated carbocycles. The number of hydrogen-bond donors (Lipinski definition) is 0. The van der Waals surface area contributed by atoms with Crippen LogP contribution in [0.4, 0.5) is 0 Å². The van der Waals surface area contributed by atoms with Crippen LogP contribution < -0.4 is 0 Å². The van der Waals surface area contributed by atoms with Gasteiger partial charge in [-0.2, -0.15) is 5.26 Å². The second-order valence-electron chi connectivity index (χ2n) is 5.42. The van der Waals surface area contributed by atoms with Crippen molar-refractivity contribution >= 4 is 17.1 Å². The fraction of sp³-hybridized carbons (Fsp3) is 0.615. The lowest BCUT2D eigenvalue weighted by molar-refractivity contribution is -0.138. The van der Waals surface area contributed by atoms with Gasteiger partial charge in [0.05, 0.1) is 17.3 Å². The minimum absolute atomic E-state index is 0.0896. The Labute approximate surface area is 105 Å². The Morgan fingerprint density at radius 3 is 2.88 bits per heavy atom. The summed E-state index contributed by atoms with van der Waals surface area (Å²) in [5.74, 6) is 0.0896.